The topological polar surface area (TPSA) is 121 Å². The van der Waals surface area contributed by atoms with Crippen LogP contribution in [0.25, 0.3) is 98.0 Å². The third kappa shape index (κ3) is 11.4. The minimum absolute atomic E-state index is 0. The van der Waals surface area contributed by atoms with E-state index >= 15 is 0 Å². The Morgan fingerprint density at radius 3 is 0.443 bits per heavy atom. The van der Waals surface area contributed by atoms with Crippen LogP contribution in [-0.2, 0) is 0 Å². The molecule has 6 N–H and O–H groups in total. The van der Waals surface area contributed by atoms with E-state index in [1.807, 2.05) is 182 Å². The molecule has 0 aliphatic rings. The molecule has 0 saturated heterocycles. The van der Waals surface area contributed by atoms with Crippen LogP contribution in [0.4, 0.5) is 0 Å². The Hall–Kier alpha value is -2.90. The Bertz CT molecular complexity index is 3180. The average Bonchev–Trinajstić information content (AvgIpc) is 3.35. The fraction of sp³-hybridized carbons (Fsp3) is 0. The maximum absolute atomic E-state index is 10.4. The van der Waals surface area contributed by atoms with E-state index in [4.69, 9.17) is 0 Å². The van der Waals surface area contributed by atoms with E-state index < -0.39 is 0 Å². The summed E-state index contributed by atoms with van der Waals surface area (Å²) in [6.45, 7) is 0. The Kier molecular flexibility index (Phi) is 20.4. The number of aromatic hydroxyl groups is 6. The van der Waals surface area contributed by atoms with E-state index in [-0.39, 0.29) is 224 Å². The molecule has 0 aromatic heterocycles. The van der Waals surface area contributed by atoms with E-state index in [1.54, 1.807) is 36.4 Å². The molecule has 0 heterocycles. The minimum atomic E-state index is 0. The summed E-state index contributed by atoms with van der Waals surface area (Å²) in [7, 11) is 0. The van der Waals surface area contributed by atoms with Crippen LogP contribution in [0.15, 0.2) is 218 Å². The monoisotopic (exact) mass is 1110 g/mol. The van der Waals surface area contributed by atoms with Gasteiger partial charge in [0.1, 0.15) is 34.5 Å². The molecule has 0 amide bonds. The molecule has 0 spiro atoms. The van der Waals surface area contributed by atoms with Crippen LogP contribution in [-0.4, -0.2) is 185 Å². The molecule has 10 heteroatoms. The standard InChI is InChI=1S/3C20H14O2.3K.La/c3*21-17-11-9-13-5-1-3-7-15(13)19(17)20-16-8-4-2-6-14(16)10-12-18(20)22;;;;/h3*1-12,21-22H;;;;. The second-order valence-electron chi connectivity index (χ2n) is 16.1. The number of fused-ring (bicyclic) bond motifs is 6. The summed E-state index contributed by atoms with van der Waals surface area (Å²) >= 11 is 0. The smallest absolute Gasteiger partial charge is 0.124 e. The molecule has 0 atom stereocenters. The van der Waals surface area contributed by atoms with Gasteiger partial charge in [-0.25, -0.2) is 0 Å². The van der Waals surface area contributed by atoms with E-state index in [1.165, 1.54) is 0 Å². The van der Waals surface area contributed by atoms with Gasteiger partial charge in [-0.05, 0) is 101 Å². The number of phenolic OH excluding ortho intramolecular Hbond substituents is 6. The number of benzene rings is 12. The molecule has 70 heavy (non-hydrogen) atoms. The molecule has 0 aliphatic carbocycles. The van der Waals surface area contributed by atoms with Crippen molar-refractivity contribution >= 4 is 219 Å². The average molecular weight is 1120 g/mol. The molecule has 12 aromatic carbocycles. The first-order chi connectivity index (χ1) is 32.3. The first-order valence-corrected chi connectivity index (χ1v) is 21.5. The third-order valence-electron chi connectivity index (χ3n) is 12.2. The van der Waals surface area contributed by atoms with Gasteiger partial charge < -0.3 is 30.6 Å². The number of hydrogen-bond acceptors (Lipinski definition) is 6. The van der Waals surface area contributed by atoms with Crippen LogP contribution < -0.4 is 0 Å². The predicted molar refractivity (Wildman–Crippen MR) is 288 cm³/mol. The van der Waals surface area contributed by atoms with Crippen LogP contribution in [0.2, 0.25) is 0 Å². The van der Waals surface area contributed by atoms with E-state index in [9.17, 15) is 30.6 Å². The summed E-state index contributed by atoms with van der Waals surface area (Å²) in [6.07, 6.45) is 0. The van der Waals surface area contributed by atoms with Crippen molar-refractivity contribution in [3.05, 3.63) is 218 Å². The fourth-order valence-corrected chi connectivity index (χ4v) is 9.14. The first kappa shape index (κ1) is 56.4. The van der Waals surface area contributed by atoms with Crippen LogP contribution in [0.1, 0.15) is 0 Å². The zero-order chi connectivity index (χ0) is 45.3. The molecular formula is C60H42K3LaO6. The van der Waals surface area contributed by atoms with Crippen molar-refractivity contribution in [2.45, 2.75) is 0 Å². The summed E-state index contributed by atoms with van der Waals surface area (Å²) in [6, 6.07) is 68.6. The maximum atomic E-state index is 10.4. The van der Waals surface area contributed by atoms with Crippen molar-refractivity contribution in [1.82, 2.24) is 0 Å². The van der Waals surface area contributed by atoms with Gasteiger partial charge in [0.25, 0.3) is 0 Å². The van der Waals surface area contributed by atoms with Gasteiger partial charge in [-0.2, -0.15) is 0 Å². The van der Waals surface area contributed by atoms with Crippen molar-refractivity contribution in [3.63, 3.8) is 0 Å². The van der Waals surface area contributed by atoms with Gasteiger partial charge in [0.05, 0.1) is 0 Å². The van der Waals surface area contributed by atoms with Crippen molar-refractivity contribution in [1.29, 1.82) is 0 Å². The fourth-order valence-electron chi connectivity index (χ4n) is 9.14. The largest absolute Gasteiger partial charge is 0.507 e. The first-order valence-electron chi connectivity index (χ1n) is 21.5. The minimum Gasteiger partial charge on any atom is -0.507 e. The maximum Gasteiger partial charge on any atom is 0.124 e. The Labute approximate surface area is 560 Å². The van der Waals surface area contributed by atoms with Gasteiger partial charge in [0, 0.05) is 223 Å². The van der Waals surface area contributed by atoms with Crippen LogP contribution in [0.3, 0.4) is 0 Å². The van der Waals surface area contributed by atoms with E-state index in [0.29, 0.717) is 33.4 Å². The molecule has 0 saturated carbocycles. The molecule has 324 valence electrons. The molecule has 4 radical (unpaired) electrons. The SMILES string of the molecule is Oc1ccc2ccccc2c1-c1c(O)ccc2ccccc12.Oc1ccc2ccccc2c1-c1c(O)ccc2ccccc12.Oc1ccc2ccccc2c1-c1c(O)ccc2ccccc12.[K].[K].[K].[La]. The Balaban J connectivity index is 0.000000167. The number of hydrogen-bond donors (Lipinski definition) is 6. The summed E-state index contributed by atoms with van der Waals surface area (Å²) in [5.74, 6) is 1.03. The Morgan fingerprint density at radius 1 is 0.171 bits per heavy atom. The van der Waals surface area contributed by atoms with Crippen molar-refractivity contribution in [2.75, 3.05) is 0 Å². The molecular weight excluding hydrogens is 1070 g/mol. The van der Waals surface area contributed by atoms with Crippen molar-refractivity contribution in [3.8, 4) is 67.9 Å². The van der Waals surface area contributed by atoms with Crippen LogP contribution in [0.5, 0.6) is 34.5 Å². The van der Waals surface area contributed by atoms with Crippen molar-refractivity contribution < 1.29 is 66.2 Å². The quantitative estimate of drug-likeness (QED) is 0.0981. The zero-order valence-corrected chi connectivity index (χ0v) is 52.0. The molecule has 12 rings (SSSR count). The summed E-state index contributed by atoms with van der Waals surface area (Å²) in [5, 5.41) is 74.3. The molecule has 0 aliphatic heterocycles. The van der Waals surface area contributed by atoms with Gasteiger partial charge in [-0.3, -0.25) is 0 Å². The Morgan fingerprint density at radius 2 is 0.300 bits per heavy atom. The van der Waals surface area contributed by atoms with Gasteiger partial charge in [-0.15, -0.1) is 0 Å². The number of rotatable bonds is 3. The normalized spacial score (nSPS) is 10.5. The zero-order valence-electron chi connectivity index (χ0n) is 39.0. The molecule has 12 aromatic rings. The molecule has 0 bridgehead atoms. The van der Waals surface area contributed by atoms with Gasteiger partial charge >= 0.3 is 0 Å². The van der Waals surface area contributed by atoms with Crippen LogP contribution in [0, 0.1) is 35.6 Å². The van der Waals surface area contributed by atoms with Crippen LogP contribution >= 0.6 is 0 Å². The summed E-state index contributed by atoms with van der Waals surface area (Å²) in [4.78, 5) is 0. The van der Waals surface area contributed by atoms with Gasteiger partial charge in [0.15, 0.2) is 0 Å². The summed E-state index contributed by atoms with van der Waals surface area (Å²) in [5.41, 5.74) is 4.04. The molecule has 0 unspecified atom stereocenters. The molecule has 0 fully saturated rings. The molecule has 6 nitrogen and oxygen atoms in total. The summed E-state index contributed by atoms with van der Waals surface area (Å²) < 4.78 is 0. The predicted octanol–water partition coefficient (Wildman–Crippen LogP) is 14.1. The van der Waals surface area contributed by atoms with Crippen molar-refractivity contribution in [2.24, 2.45) is 0 Å². The second-order valence-corrected chi connectivity index (χ2v) is 16.1. The van der Waals surface area contributed by atoms with Gasteiger partial charge in [0.2, 0.25) is 0 Å². The number of phenols is 6. The van der Waals surface area contributed by atoms with E-state index in [2.05, 4.69) is 0 Å². The van der Waals surface area contributed by atoms with Gasteiger partial charge in [-0.1, -0.05) is 182 Å². The third-order valence-corrected chi connectivity index (χ3v) is 12.2. The second kappa shape index (κ2) is 25.4. The van der Waals surface area contributed by atoms with E-state index in [0.717, 1.165) is 64.6 Å².